The number of nitrogens with zero attached hydrogens (tertiary/aromatic N) is 3. The maximum Gasteiger partial charge on any atom is 0.231 e. The SMILES string of the molecule is CC(NCc1cc2c(cc1O)OCO2)c1nncn1C. The Kier molecular flexibility index (Phi) is 3.19. The van der Waals surface area contributed by atoms with Gasteiger partial charge in [-0.1, -0.05) is 0 Å². The van der Waals surface area contributed by atoms with Crippen LogP contribution in [-0.4, -0.2) is 26.7 Å². The summed E-state index contributed by atoms with van der Waals surface area (Å²) >= 11 is 0. The average molecular weight is 276 g/mol. The highest BCUT2D eigenvalue weighted by Crippen LogP contribution is 2.37. The molecule has 7 heteroatoms. The number of fused-ring (bicyclic) bond motifs is 1. The van der Waals surface area contributed by atoms with Crippen LogP contribution in [0.4, 0.5) is 0 Å². The molecule has 20 heavy (non-hydrogen) atoms. The maximum absolute atomic E-state index is 9.96. The van der Waals surface area contributed by atoms with Crippen LogP contribution in [-0.2, 0) is 13.6 Å². The molecule has 1 aromatic carbocycles. The summed E-state index contributed by atoms with van der Waals surface area (Å²) < 4.78 is 12.4. The monoisotopic (exact) mass is 276 g/mol. The summed E-state index contributed by atoms with van der Waals surface area (Å²) in [5, 5.41) is 21.2. The van der Waals surface area contributed by atoms with Gasteiger partial charge >= 0.3 is 0 Å². The number of phenolic OH excluding ortho intramolecular Hbond substituents is 1. The maximum atomic E-state index is 9.96. The second kappa shape index (κ2) is 5.01. The quantitative estimate of drug-likeness (QED) is 0.870. The highest BCUT2D eigenvalue weighted by atomic mass is 16.7. The van der Waals surface area contributed by atoms with Crippen LogP contribution >= 0.6 is 0 Å². The van der Waals surface area contributed by atoms with Crippen LogP contribution in [0.25, 0.3) is 0 Å². The smallest absolute Gasteiger partial charge is 0.231 e. The van der Waals surface area contributed by atoms with Crippen LogP contribution in [0.2, 0.25) is 0 Å². The zero-order valence-corrected chi connectivity index (χ0v) is 11.3. The van der Waals surface area contributed by atoms with Crippen LogP contribution in [0.3, 0.4) is 0 Å². The van der Waals surface area contributed by atoms with Crippen LogP contribution in [0.5, 0.6) is 17.2 Å². The van der Waals surface area contributed by atoms with Crippen LogP contribution in [0.15, 0.2) is 18.5 Å². The lowest BCUT2D eigenvalue weighted by atomic mass is 10.1. The summed E-state index contributed by atoms with van der Waals surface area (Å²) in [4.78, 5) is 0. The number of ether oxygens (including phenoxy) is 2. The fraction of sp³-hybridized carbons (Fsp3) is 0.385. The van der Waals surface area contributed by atoms with Gasteiger partial charge in [0, 0.05) is 25.2 Å². The van der Waals surface area contributed by atoms with E-state index in [9.17, 15) is 5.11 Å². The summed E-state index contributed by atoms with van der Waals surface area (Å²) in [5.41, 5.74) is 0.753. The Hall–Kier alpha value is -2.28. The largest absolute Gasteiger partial charge is 0.507 e. The van der Waals surface area contributed by atoms with Crippen molar-refractivity contribution < 1.29 is 14.6 Å². The van der Waals surface area contributed by atoms with Gasteiger partial charge in [-0.3, -0.25) is 0 Å². The molecule has 0 radical (unpaired) electrons. The molecule has 2 heterocycles. The number of benzene rings is 1. The standard InChI is InChI=1S/C13H16N4O3/c1-8(13-16-15-6-17(13)2)14-5-9-3-11-12(4-10(9)18)20-7-19-11/h3-4,6,8,14,18H,5,7H2,1-2H3. The number of hydrogen-bond donors (Lipinski definition) is 2. The lowest BCUT2D eigenvalue weighted by Crippen LogP contribution is -2.21. The zero-order valence-electron chi connectivity index (χ0n) is 11.3. The molecule has 1 aliphatic rings. The van der Waals surface area contributed by atoms with E-state index in [0.717, 1.165) is 11.4 Å². The lowest BCUT2D eigenvalue weighted by Gasteiger charge is -2.14. The molecule has 2 aromatic rings. The molecule has 0 bridgehead atoms. The second-order valence-electron chi connectivity index (χ2n) is 4.74. The molecule has 0 saturated carbocycles. The van der Waals surface area contributed by atoms with Crippen molar-refractivity contribution in [2.75, 3.05) is 6.79 Å². The fourth-order valence-corrected chi connectivity index (χ4v) is 2.15. The number of aromatic nitrogens is 3. The van der Waals surface area contributed by atoms with Crippen molar-refractivity contribution in [1.82, 2.24) is 20.1 Å². The molecular formula is C13H16N4O3. The number of rotatable bonds is 4. The van der Waals surface area contributed by atoms with E-state index in [1.807, 2.05) is 18.5 Å². The first kappa shape index (κ1) is 12.7. The van der Waals surface area contributed by atoms with E-state index in [4.69, 9.17) is 9.47 Å². The number of aryl methyl sites for hydroxylation is 1. The molecule has 1 atom stereocenters. The van der Waals surface area contributed by atoms with Crippen molar-refractivity contribution in [3.05, 3.63) is 29.8 Å². The fourth-order valence-electron chi connectivity index (χ4n) is 2.15. The van der Waals surface area contributed by atoms with Crippen molar-refractivity contribution >= 4 is 0 Å². The predicted molar refractivity (Wildman–Crippen MR) is 70.5 cm³/mol. The first-order chi connectivity index (χ1) is 9.65. The highest BCUT2D eigenvalue weighted by molar-refractivity contribution is 5.51. The van der Waals surface area contributed by atoms with Gasteiger partial charge in [0.25, 0.3) is 0 Å². The molecule has 1 aliphatic heterocycles. The van der Waals surface area contributed by atoms with Crippen molar-refractivity contribution in [3.8, 4) is 17.2 Å². The molecule has 1 unspecified atom stereocenters. The molecule has 3 rings (SSSR count). The lowest BCUT2D eigenvalue weighted by molar-refractivity contribution is 0.174. The average Bonchev–Trinajstić information content (AvgIpc) is 3.04. The van der Waals surface area contributed by atoms with E-state index in [1.165, 1.54) is 0 Å². The van der Waals surface area contributed by atoms with Gasteiger partial charge in [0.05, 0.1) is 6.04 Å². The van der Waals surface area contributed by atoms with Gasteiger partial charge in [0.15, 0.2) is 11.5 Å². The normalized spacial score (nSPS) is 14.5. The van der Waals surface area contributed by atoms with Crippen molar-refractivity contribution in [1.29, 1.82) is 0 Å². The topological polar surface area (TPSA) is 81.4 Å². The second-order valence-corrected chi connectivity index (χ2v) is 4.74. The number of hydrogen-bond acceptors (Lipinski definition) is 6. The molecule has 2 N–H and O–H groups in total. The van der Waals surface area contributed by atoms with Crippen molar-refractivity contribution in [2.45, 2.75) is 19.5 Å². The summed E-state index contributed by atoms with van der Waals surface area (Å²) in [7, 11) is 1.89. The van der Waals surface area contributed by atoms with Gasteiger partial charge in [-0.2, -0.15) is 0 Å². The molecule has 0 amide bonds. The Bertz CT molecular complexity index is 626. The Morgan fingerprint density at radius 2 is 2.15 bits per heavy atom. The molecule has 0 saturated heterocycles. The predicted octanol–water partition coefficient (Wildman–Crippen LogP) is 1.10. The van der Waals surface area contributed by atoms with Gasteiger partial charge in [-0.25, -0.2) is 0 Å². The Morgan fingerprint density at radius 3 is 2.85 bits per heavy atom. The molecule has 1 aromatic heterocycles. The Morgan fingerprint density at radius 1 is 1.40 bits per heavy atom. The number of nitrogens with one attached hydrogen (secondary N) is 1. The third-order valence-electron chi connectivity index (χ3n) is 3.31. The van der Waals surface area contributed by atoms with E-state index in [-0.39, 0.29) is 18.6 Å². The number of phenols is 1. The summed E-state index contributed by atoms with van der Waals surface area (Å²) in [5.74, 6) is 2.26. The molecule has 0 aliphatic carbocycles. The van der Waals surface area contributed by atoms with E-state index >= 15 is 0 Å². The van der Waals surface area contributed by atoms with Crippen LogP contribution in [0, 0.1) is 0 Å². The minimum absolute atomic E-state index is 0.0207. The molecular weight excluding hydrogens is 260 g/mol. The molecule has 0 fully saturated rings. The third kappa shape index (κ3) is 2.27. The van der Waals surface area contributed by atoms with E-state index in [1.54, 1.807) is 18.5 Å². The van der Waals surface area contributed by atoms with Crippen LogP contribution < -0.4 is 14.8 Å². The summed E-state index contributed by atoms with van der Waals surface area (Å²) in [6, 6.07) is 3.38. The first-order valence-corrected chi connectivity index (χ1v) is 6.34. The van der Waals surface area contributed by atoms with Crippen molar-refractivity contribution in [2.24, 2.45) is 7.05 Å². The van der Waals surface area contributed by atoms with Gasteiger partial charge in [-0.05, 0) is 13.0 Å². The van der Waals surface area contributed by atoms with Crippen molar-refractivity contribution in [3.63, 3.8) is 0 Å². The number of aromatic hydroxyl groups is 1. The Balaban J connectivity index is 1.71. The minimum atomic E-state index is 0.0207. The molecule has 7 nitrogen and oxygen atoms in total. The first-order valence-electron chi connectivity index (χ1n) is 6.34. The van der Waals surface area contributed by atoms with Gasteiger partial charge < -0.3 is 24.5 Å². The minimum Gasteiger partial charge on any atom is -0.507 e. The van der Waals surface area contributed by atoms with E-state index in [0.29, 0.717) is 18.0 Å². The van der Waals surface area contributed by atoms with Gasteiger partial charge in [-0.15, -0.1) is 10.2 Å². The van der Waals surface area contributed by atoms with E-state index in [2.05, 4.69) is 15.5 Å². The third-order valence-corrected chi connectivity index (χ3v) is 3.31. The molecule has 106 valence electrons. The van der Waals surface area contributed by atoms with Gasteiger partial charge in [0.1, 0.15) is 17.9 Å². The van der Waals surface area contributed by atoms with E-state index < -0.39 is 0 Å². The van der Waals surface area contributed by atoms with Crippen LogP contribution in [0.1, 0.15) is 24.4 Å². The zero-order chi connectivity index (χ0) is 14.1. The Labute approximate surface area is 116 Å². The molecule has 0 spiro atoms. The summed E-state index contributed by atoms with van der Waals surface area (Å²) in [6.45, 7) is 2.69. The van der Waals surface area contributed by atoms with Gasteiger partial charge in [0.2, 0.25) is 6.79 Å². The summed E-state index contributed by atoms with van der Waals surface area (Å²) in [6.07, 6.45) is 1.66. The highest BCUT2D eigenvalue weighted by Gasteiger charge is 2.18.